The second kappa shape index (κ2) is 6.43. The van der Waals surface area contributed by atoms with Crippen LogP contribution in [0.3, 0.4) is 0 Å². The topological polar surface area (TPSA) is 53.2 Å². The van der Waals surface area contributed by atoms with Crippen LogP contribution in [0.4, 0.5) is 4.79 Å². The zero-order valence-electron chi connectivity index (χ0n) is 8.73. The highest BCUT2D eigenvalue weighted by Crippen LogP contribution is 2.07. The second-order valence-electron chi connectivity index (χ2n) is 3.35. The van der Waals surface area contributed by atoms with Gasteiger partial charge >= 0.3 is 6.03 Å². The fourth-order valence-electron chi connectivity index (χ4n) is 1.46. The third kappa shape index (κ3) is 4.28. The van der Waals surface area contributed by atoms with Crippen molar-refractivity contribution in [3.8, 4) is 0 Å². The number of hydrogen-bond acceptors (Lipinski definition) is 2. The molecule has 0 aromatic rings. The van der Waals surface area contributed by atoms with E-state index in [1.807, 2.05) is 6.92 Å². The molecule has 80 valence electrons. The van der Waals surface area contributed by atoms with Crippen molar-refractivity contribution in [2.75, 3.05) is 26.2 Å². The fraction of sp³-hybridized carbons (Fsp3) is 0.700. The van der Waals surface area contributed by atoms with E-state index in [9.17, 15) is 4.79 Å². The second-order valence-corrected chi connectivity index (χ2v) is 3.35. The highest BCUT2D eigenvalue weighted by Gasteiger charge is 2.03. The molecule has 2 amide bonds. The molecule has 14 heavy (non-hydrogen) atoms. The first-order valence-corrected chi connectivity index (χ1v) is 5.23. The lowest BCUT2D eigenvalue weighted by molar-refractivity contribution is 0.241. The van der Waals surface area contributed by atoms with Gasteiger partial charge in [0, 0.05) is 19.6 Å². The number of amides is 2. The van der Waals surface area contributed by atoms with Crippen LogP contribution in [0.1, 0.15) is 19.8 Å². The molecule has 3 N–H and O–H groups in total. The maximum Gasteiger partial charge on any atom is 0.314 e. The predicted octanol–water partition coefficient (Wildman–Crippen LogP) is 0.615. The highest BCUT2D eigenvalue weighted by atomic mass is 16.2. The van der Waals surface area contributed by atoms with Gasteiger partial charge in [-0.1, -0.05) is 11.6 Å². The number of hydrogen-bond donors (Lipinski definition) is 3. The quantitative estimate of drug-likeness (QED) is 0.579. The molecule has 0 fully saturated rings. The molecular formula is C10H19N3O. The maximum absolute atomic E-state index is 11.0. The van der Waals surface area contributed by atoms with Gasteiger partial charge in [0.15, 0.2) is 0 Å². The van der Waals surface area contributed by atoms with Crippen molar-refractivity contribution >= 4 is 6.03 Å². The number of nitrogens with one attached hydrogen (secondary N) is 3. The summed E-state index contributed by atoms with van der Waals surface area (Å²) >= 11 is 0. The Morgan fingerprint density at radius 3 is 3.07 bits per heavy atom. The van der Waals surface area contributed by atoms with Crippen LogP contribution in [0.25, 0.3) is 0 Å². The summed E-state index contributed by atoms with van der Waals surface area (Å²) in [5.41, 5.74) is 1.44. The van der Waals surface area contributed by atoms with Gasteiger partial charge < -0.3 is 16.0 Å². The zero-order chi connectivity index (χ0) is 10.2. The lowest BCUT2D eigenvalue weighted by Crippen LogP contribution is -2.36. The van der Waals surface area contributed by atoms with Crippen LogP contribution >= 0.6 is 0 Å². The van der Waals surface area contributed by atoms with E-state index in [1.54, 1.807) is 0 Å². The van der Waals surface area contributed by atoms with Crippen LogP contribution in [0.15, 0.2) is 11.6 Å². The first-order valence-electron chi connectivity index (χ1n) is 5.23. The molecule has 1 aliphatic heterocycles. The molecule has 0 bridgehead atoms. The minimum Gasteiger partial charge on any atom is -0.338 e. The van der Waals surface area contributed by atoms with Gasteiger partial charge in [-0.3, -0.25) is 0 Å². The normalized spacial score (nSPS) is 15.9. The SMILES string of the molecule is CCNC(=O)NCCC1=CCNCC1. The van der Waals surface area contributed by atoms with E-state index >= 15 is 0 Å². The van der Waals surface area contributed by atoms with Crippen molar-refractivity contribution in [3.63, 3.8) is 0 Å². The van der Waals surface area contributed by atoms with E-state index in [0.29, 0.717) is 6.54 Å². The van der Waals surface area contributed by atoms with E-state index in [2.05, 4.69) is 22.0 Å². The third-order valence-electron chi connectivity index (χ3n) is 2.23. The zero-order valence-corrected chi connectivity index (χ0v) is 8.73. The van der Waals surface area contributed by atoms with E-state index in [-0.39, 0.29) is 6.03 Å². The molecule has 4 nitrogen and oxygen atoms in total. The molecule has 0 unspecified atom stereocenters. The fourth-order valence-corrected chi connectivity index (χ4v) is 1.46. The average Bonchev–Trinajstić information content (AvgIpc) is 2.20. The Bertz CT molecular complexity index is 213. The third-order valence-corrected chi connectivity index (χ3v) is 2.23. The van der Waals surface area contributed by atoms with Crippen molar-refractivity contribution in [3.05, 3.63) is 11.6 Å². The molecule has 0 saturated heterocycles. The van der Waals surface area contributed by atoms with Crippen molar-refractivity contribution in [2.24, 2.45) is 0 Å². The van der Waals surface area contributed by atoms with Crippen LogP contribution < -0.4 is 16.0 Å². The Labute approximate surface area is 85.1 Å². The first-order chi connectivity index (χ1) is 6.83. The van der Waals surface area contributed by atoms with E-state index in [1.165, 1.54) is 5.57 Å². The van der Waals surface area contributed by atoms with Gasteiger partial charge in [-0.25, -0.2) is 4.79 Å². The van der Waals surface area contributed by atoms with Crippen LogP contribution in [0, 0.1) is 0 Å². The highest BCUT2D eigenvalue weighted by molar-refractivity contribution is 5.73. The van der Waals surface area contributed by atoms with Gasteiger partial charge in [0.05, 0.1) is 0 Å². The number of rotatable bonds is 4. The lowest BCUT2D eigenvalue weighted by Gasteiger charge is -2.14. The largest absolute Gasteiger partial charge is 0.338 e. The maximum atomic E-state index is 11.0. The monoisotopic (exact) mass is 197 g/mol. The summed E-state index contributed by atoms with van der Waals surface area (Å²) in [6, 6.07) is -0.0676. The molecule has 0 radical (unpaired) electrons. The summed E-state index contributed by atoms with van der Waals surface area (Å²) in [5, 5.41) is 8.78. The lowest BCUT2D eigenvalue weighted by atomic mass is 10.1. The van der Waals surface area contributed by atoms with Gasteiger partial charge in [-0.05, 0) is 26.3 Å². The summed E-state index contributed by atoms with van der Waals surface area (Å²) in [6.07, 6.45) is 4.29. The Morgan fingerprint density at radius 1 is 1.57 bits per heavy atom. The molecule has 0 aromatic carbocycles. The Balaban J connectivity index is 2.08. The summed E-state index contributed by atoms with van der Waals surface area (Å²) in [6.45, 7) is 5.36. The summed E-state index contributed by atoms with van der Waals surface area (Å²) < 4.78 is 0. The van der Waals surface area contributed by atoms with Crippen LogP contribution in [0.2, 0.25) is 0 Å². The molecule has 0 aliphatic carbocycles. The molecule has 0 atom stereocenters. The molecule has 1 heterocycles. The average molecular weight is 197 g/mol. The van der Waals surface area contributed by atoms with Crippen LogP contribution in [-0.2, 0) is 0 Å². The first kappa shape index (κ1) is 11.0. The van der Waals surface area contributed by atoms with Crippen LogP contribution in [-0.4, -0.2) is 32.2 Å². The molecule has 0 spiro atoms. The summed E-state index contributed by atoms with van der Waals surface area (Å²) in [5.74, 6) is 0. The number of urea groups is 1. The van der Waals surface area contributed by atoms with Gasteiger partial charge in [-0.15, -0.1) is 0 Å². The summed E-state index contributed by atoms with van der Waals surface area (Å²) in [7, 11) is 0. The standard InChI is InChI=1S/C10H19N3O/c1-2-12-10(14)13-8-5-9-3-6-11-7-4-9/h3,11H,2,4-8H2,1H3,(H2,12,13,14). The van der Waals surface area contributed by atoms with E-state index in [4.69, 9.17) is 0 Å². The van der Waals surface area contributed by atoms with E-state index < -0.39 is 0 Å². The van der Waals surface area contributed by atoms with Crippen molar-refractivity contribution in [2.45, 2.75) is 19.8 Å². The van der Waals surface area contributed by atoms with Crippen LogP contribution in [0.5, 0.6) is 0 Å². The predicted molar refractivity (Wildman–Crippen MR) is 57.3 cm³/mol. The minimum absolute atomic E-state index is 0.0676. The Hall–Kier alpha value is -1.03. The van der Waals surface area contributed by atoms with E-state index in [0.717, 1.165) is 32.5 Å². The van der Waals surface area contributed by atoms with Crippen molar-refractivity contribution in [1.82, 2.24) is 16.0 Å². The minimum atomic E-state index is -0.0676. The smallest absolute Gasteiger partial charge is 0.314 e. The number of carbonyl (C=O) groups excluding carboxylic acids is 1. The Morgan fingerprint density at radius 2 is 2.43 bits per heavy atom. The molecule has 1 rings (SSSR count). The van der Waals surface area contributed by atoms with Crippen molar-refractivity contribution < 1.29 is 4.79 Å². The molecule has 4 heteroatoms. The molecule has 1 aliphatic rings. The molecule has 0 saturated carbocycles. The summed E-state index contributed by atoms with van der Waals surface area (Å²) in [4.78, 5) is 11.0. The molecule has 0 aromatic heterocycles. The van der Waals surface area contributed by atoms with Gasteiger partial charge in [0.2, 0.25) is 0 Å². The van der Waals surface area contributed by atoms with Gasteiger partial charge in [0.1, 0.15) is 0 Å². The van der Waals surface area contributed by atoms with Crippen molar-refractivity contribution in [1.29, 1.82) is 0 Å². The van der Waals surface area contributed by atoms with Gasteiger partial charge in [-0.2, -0.15) is 0 Å². The Kier molecular flexibility index (Phi) is 5.07. The van der Waals surface area contributed by atoms with Gasteiger partial charge in [0.25, 0.3) is 0 Å². The molecular weight excluding hydrogens is 178 g/mol. The number of carbonyl (C=O) groups is 1.